The van der Waals surface area contributed by atoms with Crippen LogP contribution < -0.4 is 20.1 Å². The van der Waals surface area contributed by atoms with E-state index in [1.807, 2.05) is 49.4 Å². The minimum Gasteiger partial charge on any atom is -0.486 e. The van der Waals surface area contributed by atoms with E-state index in [2.05, 4.69) is 10.6 Å². The lowest BCUT2D eigenvalue weighted by Crippen LogP contribution is -2.38. The highest BCUT2D eigenvalue weighted by atomic mass is 35.5. The van der Waals surface area contributed by atoms with Crippen molar-refractivity contribution < 1.29 is 14.3 Å². The Morgan fingerprint density at radius 1 is 1.12 bits per heavy atom. The molecule has 3 rings (SSSR count). The zero-order valence-electron chi connectivity index (χ0n) is 14.0. The van der Waals surface area contributed by atoms with Gasteiger partial charge in [-0.25, -0.2) is 4.79 Å². The first-order valence-electron chi connectivity index (χ1n) is 8.30. The van der Waals surface area contributed by atoms with Crippen LogP contribution in [0.25, 0.3) is 0 Å². The summed E-state index contributed by atoms with van der Waals surface area (Å²) in [6.07, 6.45) is 0.753. The molecule has 2 N–H and O–H groups in total. The van der Waals surface area contributed by atoms with Crippen LogP contribution in [0.15, 0.2) is 42.5 Å². The van der Waals surface area contributed by atoms with Crippen LogP contribution in [0.5, 0.6) is 11.5 Å². The van der Waals surface area contributed by atoms with Crippen LogP contribution in [0.1, 0.15) is 24.1 Å². The standard InChI is InChI=1S/C19H21ClN2O3/c1-13(15-4-7-17-18(12-15)25-11-10-24-17)22-19(23)21-9-8-14-2-5-16(20)6-3-14/h2-7,12-13H,8-11H2,1H3,(H2,21,22,23). The lowest BCUT2D eigenvalue weighted by atomic mass is 10.1. The number of carbonyl (C=O) groups is 1. The number of fused-ring (bicyclic) bond motifs is 1. The molecule has 1 atom stereocenters. The molecule has 0 saturated carbocycles. The highest BCUT2D eigenvalue weighted by Gasteiger charge is 2.15. The predicted octanol–water partition coefficient (Wildman–Crippen LogP) is 3.71. The Hall–Kier alpha value is -2.40. The molecule has 0 spiro atoms. The summed E-state index contributed by atoms with van der Waals surface area (Å²) in [5.41, 5.74) is 2.10. The molecule has 0 aromatic heterocycles. The summed E-state index contributed by atoms with van der Waals surface area (Å²) in [5.74, 6) is 1.47. The van der Waals surface area contributed by atoms with Crippen LogP contribution in [0.4, 0.5) is 4.79 Å². The first kappa shape index (κ1) is 17.4. The Morgan fingerprint density at radius 3 is 2.60 bits per heavy atom. The largest absolute Gasteiger partial charge is 0.486 e. The molecule has 0 fully saturated rings. The lowest BCUT2D eigenvalue weighted by molar-refractivity contribution is 0.171. The highest BCUT2D eigenvalue weighted by Crippen LogP contribution is 2.32. The van der Waals surface area contributed by atoms with Gasteiger partial charge in [0.1, 0.15) is 13.2 Å². The second-order valence-corrected chi connectivity index (χ2v) is 6.34. The Balaban J connectivity index is 1.48. The van der Waals surface area contributed by atoms with Crippen LogP contribution in [0, 0.1) is 0 Å². The maximum absolute atomic E-state index is 12.1. The summed E-state index contributed by atoms with van der Waals surface area (Å²) < 4.78 is 11.1. The maximum Gasteiger partial charge on any atom is 0.315 e. The van der Waals surface area contributed by atoms with E-state index < -0.39 is 0 Å². The molecule has 25 heavy (non-hydrogen) atoms. The van der Waals surface area contributed by atoms with Crippen molar-refractivity contribution in [1.82, 2.24) is 10.6 Å². The van der Waals surface area contributed by atoms with Gasteiger partial charge in [-0.2, -0.15) is 0 Å². The molecule has 1 unspecified atom stereocenters. The molecule has 0 saturated heterocycles. The Kier molecular flexibility index (Phi) is 5.66. The first-order chi connectivity index (χ1) is 12.1. The van der Waals surface area contributed by atoms with Crippen LogP contribution in [0.2, 0.25) is 5.02 Å². The molecule has 2 amide bonds. The van der Waals surface area contributed by atoms with Gasteiger partial charge < -0.3 is 20.1 Å². The third-order valence-electron chi connectivity index (χ3n) is 4.03. The molecule has 1 aliphatic heterocycles. The number of benzene rings is 2. The number of hydrogen-bond donors (Lipinski definition) is 2. The van der Waals surface area contributed by atoms with E-state index in [-0.39, 0.29) is 12.1 Å². The van der Waals surface area contributed by atoms with Gasteiger partial charge in [-0.1, -0.05) is 29.8 Å². The second-order valence-electron chi connectivity index (χ2n) is 5.90. The van der Waals surface area contributed by atoms with Gasteiger partial charge in [0.15, 0.2) is 11.5 Å². The quantitative estimate of drug-likeness (QED) is 0.854. The van der Waals surface area contributed by atoms with Gasteiger partial charge in [-0.3, -0.25) is 0 Å². The van der Waals surface area contributed by atoms with Gasteiger partial charge in [0.25, 0.3) is 0 Å². The summed E-state index contributed by atoms with van der Waals surface area (Å²) in [5, 5.41) is 6.51. The Bertz CT molecular complexity index is 734. The number of halogens is 1. The monoisotopic (exact) mass is 360 g/mol. The normalized spacial score (nSPS) is 13.8. The molecular formula is C19H21ClN2O3. The van der Waals surface area contributed by atoms with Crippen molar-refractivity contribution in [3.05, 3.63) is 58.6 Å². The van der Waals surface area contributed by atoms with Gasteiger partial charge in [0.05, 0.1) is 6.04 Å². The fourth-order valence-electron chi connectivity index (χ4n) is 2.63. The highest BCUT2D eigenvalue weighted by molar-refractivity contribution is 6.30. The van der Waals surface area contributed by atoms with Gasteiger partial charge >= 0.3 is 6.03 Å². The number of carbonyl (C=O) groups excluding carboxylic acids is 1. The zero-order valence-corrected chi connectivity index (χ0v) is 14.8. The number of rotatable bonds is 5. The van der Waals surface area contributed by atoms with Crippen molar-refractivity contribution in [2.45, 2.75) is 19.4 Å². The van der Waals surface area contributed by atoms with Crippen molar-refractivity contribution in [1.29, 1.82) is 0 Å². The minimum absolute atomic E-state index is 0.133. The molecular weight excluding hydrogens is 340 g/mol. The average Bonchev–Trinajstić information content (AvgIpc) is 2.63. The van der Waals surface area contributed by atoms with E-state index in [0.717, 1.165) is 29.0 Å². The van der Waals surface area contributed by atoms with Crippen LogP contribution in [0.3, 0.4) is 0 Å². The maximum atomic E-state index is 12.1. The fraction of sp³-hybridized carbons (Fsp3) is 0.316. The summed E-state index contributed by atoms with van der Waals surface area (Å²) in [6.45, 7) is 3.60. The number of ether oxygens (including phenoxy) is 2. The number of amides is 2. The van der Waals surface area contributed by atoms with E-state index in [1.54, 1.807) is 0 Å². The van der Waals surface area contributed by atoms with Gasteiger partial charge in [0.2, 0.25) is 0 Å². The summed E-state index contributed by atoms with van der Waals surface area (Å²) >= 11 is 5.86. The summed E-state index contributed by atoms with van der Waals surface area (Å²) in [6, 6.07) is 13.0. The van der Waals surface area contributed by atoms with Gasteiger partial charge in [-0.05, 0) is 48.7 Å². The second kappa shape index (κ2) is 8.12. The molecule has 0 radical (unpaired) electrons. The van der Waals surface area contributed by atoms with E-state index in [9.17, 15) is 4.79 Å². The van der Waals surface area contributed by atoms with Crippen molar-refractivity contribution in [2.75, 3.05) is 19.8 Å². The number of nitrogens with one attached hydrogen (secondary N) is 2. The Morgan fingerprint density at radius 2 is 1.84 bits per heavy atom. The van der Waals surface area contributed by atoms with Crippen LogP contribution in [-0.2, 0) is 6.42 Å². The third-order valence-corrected chi connectivity index (χ3v) is 4.28. The molecule has 6 heteroatoms. The van der Waals surface area contributed by atoms with Crippen molar-refractivity contribution in [3.63, 3.8) is 0 Å². The van der Waals surface area contributed by atoms with Crippen LogP contribution >= 0.6 is 11.6 Å². The molecule has 1 aliphatic rings. The summed E-state index contributed by atoms with van der Waals surface area (Å²) in [7, 11) is 0. The van der Waals surface area contributed by atoms with E-state index in [0.29, 0.717) is 24.8 Å². The number of urea groups is 1. The van der Waals surface area contributed by atoms with Crippen molar-refractivity contribution in [3.8, 4) is 11.5 Å². The van der Waals surface area contributed by atoms with Crippen molar-refractivity contribution >= 4 is 17.6 Å². The molecule has 0 aliphatic carbocycles. The van der Waals surface area contributed by atoms with Crippen molar-refractivity contribution in [2.24, 2.45) is 0 Å². The molecule has 2 aromatic rings. The summed E-state index contributed by atoms with van der Waals surface area (Å²) in [4.78, 5) is 12.1. The minimum atomic E-state index is -0.198. The molecule has 0 bridgehead atoms. The number of hydrogen-bond acceptors (Lipinski definition) is 3. The van der Waals surface area contributed by atoms with E-state index in [4.69, 9.17) is 21.1 Å². The molecule has 5 nitrogen and oxygen atoms in total. The van der Waals surface area contributed by atoms with E-state index in [1.165, 1.54) is 0 Å². The van der Waals surface area contributed by atoms with Crippen LogP contribution in [-0.4, -0.2) is 25.8 Å². The average molecular weight is 361 g/mol. The third kappa shape index (κ3) is 4.79. The lowest BCUT2D eigenvalue weighted by Gasteiger charge is -2.21. The predicted molar refractivity (Wildman–Crippen MR) is 97.5 cm³/mol. The topological polar surface area (TPSA) is 59.6 Å². The molecule has 1 heterocycles. The zero-order chi connectivity index (χ0) is 17.6. The SMILES string of the molecule is CC(NC(=O)NCCc1ccc(Cl)cc1)c1ccc2c(c1)OCCO2. The van der Waals surface area contributed by atoms with Gasteiger partial charge in [-0.15, -0.1) is 0 Å². The van der Waals surface area contributed by atoms with Gasteiger partial charge in [0, 0.05) is 11.6 Å². The van der Waals surface area contributed by atoms with E-state index >= 15 is 0 Å². The first-order valence-corrected chi connectivity index (χ1v) is 8.68. The smallest absolute Gasteiger partial charge is 0.315 e. The fourth-order valence-corrected chi connectivity index (χ4v) is 2.76. The Labute approximate surface area is 152 Å². The molecule has 132 valence electrons. The molecule has 2 aromatic carbocycles.